The topological polar surface area (TPSA) is 49.5 Å². The molecule has 1 aliphatic carbocycles. The average Bonchev–Trinajstić information content (AvgIpc) is 3.03. The fourth-order valence-corrected chi connectivity index (χ4v) is 3.15. The molecule has 4 nitrogen and oxygen atoms in total. The molecule has 0 amide bonds. The normalized spacial score (nSPS) is 22.3. The summed E-state index contributed by atoms with van der Waals surface area (Å²) in [6, 6.07) is 3.30. The zero-order valence-electron chi connectivity index (χ0n) is 12.8. The summed E-state index contributed by atoms with van der Waals surface area (Å²) in [5.74, 6) is 0.621. The van der Waals surface area contributed by atoms with E-state index in [1.54, 1.807) is 0 Å². The molecule has 1 N–H and O–H groups in total. The number of oxazole rings is 1. The number of hydrogen-bond donors (Lipinski definition) is 1. The monoisotopic (exact) mass is 328 g/mol. The third kappa shape index (κ3) is 3.67. The Hall–Kier alpha value is -1.60. The van der Waals surface area contributed by atoms with E-state index in [4.69, 9.17) is 4.42 Å². The molecule has 0 spiro atoms. The van der Waals surface area contributed by atoms with Crippen LogP contribution in [0.2, 0.25) is 0 Å². The highest BCUT2D eigenvalue weighted by Gasteiger charge is 2.31. The first-order valence-corrected chi connectivity index (χ1v) is 7.66. The summed E-state index contributed by atoms with van der Waals surface area (Å²) in [4.78, 5) is 6.13. The first-order chi connectivity index (χ1) is 10.8. The van der Waals surface area contributed by atoms with Gasteiger partial charge in [-0.3, -0.25) is 4.90 Å². The lowest BCUT2D eigenvalue weighted by Gasteiger charge is -2.21. The minimum Gasteiger partial charge on any atom is -0.439 e. The van der Waals surface area contributed by atoms with Crippen LogP contribution >= 0.6 is 0 Å². The summed E-state index contributed by atoms with van der Waals surface area (Å²) in [5, 5.41) is 9.85. The third-order valence-corrected chi connectivity index (χ3v) is 4.33. The minimum atomic E-state index is -4.39. The number of nitrogens with zero attached hydrogens (tertiary/aromatic N) is 2. The van der Waals surface area contributed by atoms with Gasteiger partial charge in [-0.2, -0.15) is 13.2 Å². The molecule has 1 aromatic heterocycles. The van der Waals surface area contributed by atoms with Crippen molar-refractivity contribution in [3.8, 4) is 0 Å². The van der Waals surface area contributed by atoms with Gasteiger partial charge in [0.2, 0.25) is 5.89 Å². The molecule has 2 aromatic rings. The van der Waals surface area contributed by atoms with Crippen LogP contribution in [-0.2, 0) is 12.7 Å². The van der Waals surface area contributed by atoms with E-state index in [-0.39, 0.29) is 17.5 Å². The lowest BCUT2D eigenvalue weighted by Crippen LogP contribution is -2.29. The number of aliphatic hydroxyl groups is 1. The molecule has 0 radical (unpaired) electrons. The molecular weight excluding hydrogens is 309 g/mol. The Morgan fingerprint density at radius 2 is 2.13 bits per heavy atom. The van der Waals surface area contributed by atoms with E-state index >= 15 is 0 Å². The molecule has 1 aliphatic rings. The van der Waals surface area contributed by atoms with Gasteiger partial charge >= 0.3 is 6.18 Å². The highest BCUT2D eigenvalue weighted by atomic mass is 19.4. The van der Waals surface area contributed by atoms with Gasteiger partial charge in [0.25, 0.3) is 0 Å². The summed E-state index contributed by atoms with van der Waals surface area (Å²) in [6.07, 6.45) is -1.79. The summed E-state index contributed by atoms with van der Waals surface area (Å²) in [6.45, 7) is 1.12. The Bertz CT molecular complexity index is 684. The van der Waals surface area contributed by atoms with Crippen LogP contribution in [0.5, 0.6) is 0 Å². The van der Waals surface area contributed by atoms with E-state index in [1.807, 2.05) is 11.9 Å². The predicted molar refractivity (Wildman–Crippen MR) is 78.7 cm³/mol. The van der Waals surface area contributed by atoms with Crippen LogP contribution in [0.15, 0.2) is 22.6 Å². The van der Waals surface area contributed by atoms with Crippen LogP contribution in [0.25, 0.3) is 11.1 Å². The van der Waals surface area contributed by atoms with E-state index in [0.717, 1.165) is 31.4 Å². The van der Waals surface area contributed by atoms with Crippen LogP contribution in [-0.4, -0.2) is 34.7 Å². The van der Waals surface area contributed by atoms with E-state index in [2.05, 4.69) is 4.98 Å². The summed E-state index contributed by atoms with van der Waals surface area (Å²) in [7, 11) is 1.89. The van der Waals surface area contributed by atoms with Crippen LogP contribution < -0.4 is 0 Å². The zero-order valence-corrected chi connectivity index (χ0v) is 12.8. The predicted octanol–water partition coefficient (Wildman–Crippen LogP) is 3.44. The molecule has 3 rings (SSSR count). The fourth-order valence-electron chi connectivity index (χ4n) is 3.15. The van der Waals surface area contributed by atoms with E-state index in [1.165, 1.54) is 6.07 Å². The number of benzene rings is 1. The second-order valence-electron chi connectivity index (χ2n) is 6.24. The standard InChI is InChI=1S/C16H19F3N2O2/c1-21(8-10-3-2-4-13(10)22)9-15-20-12-7-11(16(17,18)19)5-6-14(12)23-15/h5-7,10,13,22H,2-4,8-9H2,1H3. The zero-order chi connectivity index (χ0) is 16.6. The number of halogens is 3. The lowest BCUT2D eigenvalue weighted by atomic mass is 10.1. The molecule has 1 fully saturated rings. The molecule has 1 aromatic carbocycles. The molecule has 7 heteroatoms. The Balaban J connectivity index is 1.70. The molecule has 1 heterocycles. The number of alkyl halides is 3. The van der Waals surface area contributed by atoms with Gasteiger partial charge in [-0.15, -0.1) is 0 Å². The maximum Gasteiger partial charge on any atom is 0.416 e. The Labute approximate surface area is 131 Å². The third-order valence-electron chi connectivity index (χ3n) is 4.33. The highest BCUT2D eigenvalue weighted by molar-refractivity contribution is 5.73. The van der Waals surface area contributed by atoms with Crippen molar-refractivity contribution in [3.63, 3.8) is 0 Å². The number of fused-ring (bicyclic) bond motifs is 1. The van der Waals surface area contributed by atoms with Crippen molar-refractivity contribution in [1.29, 1.82) is 0 Å². The van der Waals surface area contributed by atoms with Gasteiger partial charge in [0, 0.05) is 6.54 Å². The number of aliphatic hydroxyl groups excluding tert-OH is 1. The van der Waals surface area contributed by atoms with Crippen molar-refractivity contribution < 1.29 is 22.7 Å². The second kappa shape index (κ2) is 6.13. The van der Waals surface area contributed by atoms with Crippen molar-refractivity contribution in [1.82, 2.24) is 9.88 Å². The van der Waals surface area contributed by atoms with Gasteiger partial charge in [-0.25, -0.2) is 4.98 Å². The van der Waals surface area contributed by atoms with Crippen LogP contribution in [0.1, 0.15) is 30.7 Å². The smallest absolute Gasteiger partial charge is 0.416 e. The molecular formula is C16H19F3N2O2. The van der Waals surface area contributed by atoms with Crippen molar-refractivity contribution in [2.24, 2.45) is 5.92 Å². The lowest BCUT2D eigenvalue weighted by molar-refractivity contribution is -0.137. The quantitative estimate of drug-likeness (QED) is 0.934. The van der Waals surface area contributed by atoms with Gasteiger partial charge in [0.15, 0.2) is 5.58 Å². The van der Waals surface area contributed by atoms with Crippen LogP contribution in [0.3, 0.4) is 0 Å². The Morgan fingerprint density at radius 1 is 1.35 bits per heavy atom. The van der Waals surface area contributed by atoms with Crippen molar-refractivity contribution in [2.45, 2.75) is 38.1 Å². The first kappa shape index (κ1) is 16.3. The van der Waals surface area contributed by atoms with Crippen LogP contribution in [0, 0.1) is 5.92 Å². The average molecular weight is 328 g/mol. The molecule has 0 bridgehead atoms. The van der Waals surface area contributed by atoms with Gasteiger partial charge in [0.05, 0.1) is 18.2 Å². The minimum absolute atomic E-state index is 0.212. The van der Waals surface area contributed by atoms with Gasteiger partial charge in [-0.1, -0.05) is 6.42 Å². The first-order valence-electron chi connectivity index (χ1n) is 7.66. The number of hydrogen-bond acceptors (Lipinski definition) is 4. The molecule has 0 saturated heterocycles. The maximum atomic E-state index is 12.7. The van der Waals surface area contributed by atoms with Gasteiger partial charge in [-0.05, 0) is 44.0 Å². The Kier molecular flexibility index (Phi) is 4.33. The van der Waals surface area contributed by atoms with Crippen molar-refractivity contribution in [3.05, 3.63) is 29.7 Å². The summed E-state index contributed by atoms with van der Waals surface area (Å²) in [5.41, 5.74) is -0.168. The van der Waals surface area contributed by atoms with Gasteiger partial charge in [0.1, 0.15) is 5.52 Å². The second-order valence-corrected chi connectivity index (χ2v) is 6.24. The molecule has 1 saturated carbocycles. The van der Waals surface area contributed by atoms with E-state index in [0.29, 0.717) is 24.6 Å². The summed E-state index contributed by atoms with van der Waals surface area (Å²) < 4.78 is 43.6. The fraction of sp³-hybridized carbons (Fsp3) is 0.562. The molecule has 0 aliphatic heterocycles. The SMILES string of the molecule is CN(Cc1nc2cc(C(F)(F)F)ccc2o1)CC1CCCC1O. The van der Waals surface area contributed by atoms with Crippen LogP contribution in [0.4, 0.5) is 13.2 Å². The van der Waals surface area contributed by atoms with E-state index in [9.17, 15) is 18.3 Å². The molecule has 2 unspecified atom stereocenters. The molecule has 126 valence electrons. The van der Waals surface area contributed by atoms with Crippen molar-refractivity contribution >= 4 is 11.1 Å². The van der Waals surface area contributed by atoms with Crippen molar-refractivity contribution in [2.75, 3.05) is 13.6 Å². The largest absolute Gasteiger partial charge is 0.439 e. The molecule has 23 heavy (non-hydrogen) atoms. The highest BCUT2D eigenvalue weighted by Crippen LogP contribution is 2.31. The van der Waals surface area contributed by atoms with Gasteiger partial charge < -0.3 is 9.52 Å². The number of aromatic nitrogens is 1. The maximum absolute atomic E-state index is 12.7. The summed E-state index contributed by atoms with van der Waals surface area (Å²) >= 11 is 0. The Morgan fingerprint density at radius 3 is 2.78 bits per heavy atom. The number of rotatable bonds is 4. The molecule has 2 atom stereocenters. The van der Waals surface area contributed by atoms with E-state index < -0.39 is 11.7 Å².